The first-order valence-corrected chi connectivity index (χ1v) is 5.01. The van der Waals surface area contributed by atoms with Crippen molar-refractivity contribution in [2.75, 3.05) is 0 Å². The van der Waals surface area contributed by atoms with Crippen LogP contribution in [0.15, 0.2) is 0 Å². The molecule has 1 aromatic rings. The van der Waals surface area contributed by atoms with Crippen LogP contribution in [0.3, 0.4) is 0 Å². The van der Waals surface area contributed by atoms with Gasteiger partial charge in [0.05, 0.1) is 30.7 Å². The third-order valence-electron chi connectivity index (χ3n) is 1.42. The SMILES string of the molecule is O=C(O)c1c(Cl)c(Cl)c(Cl)c(Cl)c1Cl.[Zn]. The Labute approximate surface area is 123 Å². The van der Waals surface area contributed by atoms with Gasteiger partial charge >= 0.3 is 5.97 Å². The van der Waals surface area contributed by atoms with E-state index in [0.29, 0.717) is 0 Å². The second-order valence-corrected chi connectivity index (χ2v) is 4.14. The minimum Gasteiger partial charge on any atom is -0.478 e. The maximum Gasteiger partial charge on any atom is 0.338 e. The molecule has 2 nitrogen and oxygen atoms in total. The van der Waals surface area contributed by atoms with Crippen LogP contribution in [0.5, 0.6) is 0 Å². The summed E-state index contributed by atoms with van der Waals surface area (Å²) in [5, 5.41) is 8.00. The van der Waals surface area contributed by atoms with E-state index in [-0.39, 0.29) is 50.2 Å². The van der Waals surface area contributed by atoms with Gasteiger partial charge in [0, 0.05) is 19.5 Å². The minimum atomic E-state index is -1.32. The number of carbonyl (C=O) groups is 1. The van der Waals surface area contributed by atoms with Crippen LogP contribution >= 0.6 is 58.0 Å². The number of benzene rings is 1. The van der Waals surface area contributed by atoms with Gasteiger partial charge in [-0.1, -0.05) is 58.0 Å². The molecule has 0 amide bonds. The average molecular weight is 360 g/mol. The van der Waals surface area contributed by atoms with Crippen molar-refractivity contribution in [2.45, 2.75) is 0 Å². The van der Waals surface area contributed by atoms with Crippen LogP contribution in [0.2, 0.25) is 25.1 Å². The quantitative estimate of drug-likeness (QED) is 0.450. The molecule has 0 aliphatic heterocycles. The molecule has 0 radical (unpaired) electrons. The summed E-state index contributed by atoms with van der Waals surface area (Å²) in [6, 6.07) is 0. The summed E-state index contributed by atoms with van der Waals surface area (Å²) in [6.45, 7) is 0. The zero-order valence-corrected chi connectivity index (χ0v) is 13.7. The van der Waals surface area contributed by atoms with E-state index in [1.165, 1.54) is 0 Å². The Morgan fingerprint density at radius 2 is 1.07 bits per heavy atom. The number of halogens is 5. The number of aromatic carboxylic acids is 1. The van der Waals surface area contributed by atoms with Crippen molar-refractivity contribution in [3.63, 3.8) is 0 Å². The molecule has 0 saturated heterocycles. The van der Waals surface area contributed by atoms with Crippen molar-refractivity contribution in [2.24, 2.45) is 0 Å². The first-order valence-electron chi connectivity index (χ1n) is 3.12. The Morgan fingerprint density at radius 3 is 1.33 bits per heavy atom. The molecular weight excluding hydrogens is 359 g/mol. The monoisotopic (exact) mass is 356 g/mol. The van der Waals surface area contributed by atoms with E-state index >= 15 is 0 Å². The zero-order valence-electron chi connectivity index (χ0n) is 6.95. The van der Waals surface area contributed by atoms with E-state index in [2.05, 4.69) is 0 Å². The normalized spacial score (nSPS) is 9.67. The van der Waals surface area contributed by atoms with Gasteiger partial charge in [-0.3, -0.25) is 0 Å². The van der Waals surface area contributed by atoms with E-state index in [0.717, 1.165) is 0 Å². The predicted octanol–water partition coefficient (Wildman–Crippen LogP) is 4.65. The minimum absolute atomic E-state index is 0. The Hall–Kier alpha value is 0.763. The third kappa shape index (κ3) is 2.91. The van der Waals surface area contributed by atoms with Gasteiger partial charge in [-0.15, -0.1) is 0 Å². The van der Waals surface area contributed by atoms with E-state index in [1.807, 2.05) is 0 Å². The van der Waals surface area contributed by atoms with E-state index < -0.39 is 5.97 Å². The molecule has 0 aromatic heterocycles. The van der Waals surface area contributed by atoms with Gasteiger partial charge in [0.2, 0.25) is 0 Å². The Bertz CT molecular complexity index is 391. The molecule has 0 atom stereocenters. The van der Waals surface area contributed by atoms with Crippen LogP contribution in [-0.4, -0.2) is 11.1 Å². The van der Waals surface area contributed by atoms with Crippen LogP contribution in [0, 0.1) is 0 Å². The summed E-state index contributed by atoms with van der Waals surface area (Å²) in [6.07, 6.45) is 0. The Balaban J connectivity index is 0.00000196. The fourth-order valence-corrected chi connectivity index (χ4v) is 2.09. The van der Waals surface area contributed by atoms with Crippen molar-refractivity contribution < 1.29 is 29.4 Å². The molecule has 0 bridgehead atoms. The molecule has 0 aliphatic carbocycles. The molecule has 1 rings (SSSR count). The second kappa shape index (κ2) is 5.90. The maximum atomic E-state index is 10.7. The van der Waals surface area contributed by atoms with Crippen molar-refractivity contribution in [1.29, 1.82) is 0 Å². The van der Waals surface area contributed by atoms with Gasteiger partial charge < -0.3 is 5.11 Å². The first kappa shape index (κ1) is 15.8. The van der Waals surface area contributed by atoms with Gasteiger partial charge in [-0.05, 0) is 0 Å². The number of hydrogen-bond acceptors (Lipinski definition) is 1. The molecule has 15 heavy (non-hydrogen) atoms. The van der Waals surface area contributed by atoms with Gasteiger partial charge in [0.15, 0.2) is 0 Å². The third-order valence-corrected chi connectivity index (χ3v) is 3.70. The summed E-state index contributed by atoms with van der Waals surface area (Å²) >= 11 is 28.2. The van der Waals surface area contributed by atoms with Gasteiger partial charge in [-0.25, -0.2) is 4.79 Å². The largest absolute Gasteiger partial charge is 0.478 e. The van der Waals surface area contributed by atoms with Gasteiger partial charge in [0.1, 0.15) is 0 Å². The van der Waals surface area contributed by atoms with E-state index in [1.54, 1.807) is 0 Å². The first-order chi connectivity index (χ1) is 6.37. The van der Waals surface area contributed by atoms with Crippen molar-refractivity contribution in [3.8, 4) is 0 Å². The molecule has 1 N–H and O–H groups in total. The maximum absolute atomic E-state index is 10.7. The number of rotatable bonds is 1. The zero-order chi connectivity index (χ0) is 11.0. The number of carboxylic acids is 1. The topological polar surface area (TPSA) is 37.3 Å². The molecule has 0 saturated carbocycles. The molecule has 0 fully saturated rings. The molecule has 0 aliphatic rings. The average Bonchev–Trinajstić information content (AvgIpc) is 2.11. The molecule has 8 heteroatoms. The summed E-state index contributed by atoms with van der Waals surface area (Å²) in [5.74, 6) is -1.32. The number of carboxylic acid groups (broad SMARTS) is 1. The summed E-state index contributed by atoms with van der Waals surface area (Å²) in [4.78, 5) is 10.7. The molecule has 0 heterocycles. The summed E-state index contributed by atoms with van der Waals surface area (Å²) < 4.78 is 0. The van der Waals surface area contributed by atoms with Crippen molar-refractivity contribution in [1.82, 2.24) is 0 Å². The van der Waals surface area contributed by atoms with Crippen LogP contribution in [0.1, 0.15) is 10.4 Å². The second-order valence-electron chi connectivity index (χ2n) is 2.25. The van der Waals surface area contributed by atoms with Crippen LogP contribution in [0.25, 0.3) is 0 Å². The van der Waals surface area contributed by atoms with E-state index in [4.69, 9.17) is 63.1 Å². The smallest absolute Gasteiger partial charge is 0.338 e. The Morgan fingerprint density at radius 1 is 0.800 bits per heavy atom. The molecule has 0 spiro atoms. The van der Waals surface area contributed by atoms with Crippen LogP contribution in [0.4, 0.5) is 0 Å². The van der Waals surface area contributed by atoms with Gasteiger partial charge in [0.25, 0.3) is 0 Å². The fraction of sp³-hybridized carbons (Fsp3) is 0. The summed E-state index contributed by atoms with van der Waals surface area (Å²) in [7, 11) is 0. The molecule has 1 aromatic carbocycles. The van der Waals surface area contributed by atoms with Crippen LogP contribution in [-0.2, 0) is 19.5 Å². The Kier molecular flexibility index (Phi) is 6.20. The summed E-state index contributed by atoms with van der Waals surface area (Å²) in [5.41, 5.74) is -0.354. The fourth-order valence-electron chi connectivity index (χ4n) is 0.793. The van der Waals surface area contributed by atoms with E-state index in [9.17, 15) is 4.79 Å². The molecule has 0 unspecified atom stereocenters. The molecule has 78 valence electrons. The van der Waals surface area contributed by atoms with Gasteiger partial charge in [-0.2, -0.15) is 0 Å². The predicted molar refractivity (Wildman–Crippen MR) is 58.5 cm³/mol. The number of hydrogen-bond donors (Lipinski definition) is 1. The standard InChI is InChI=1S/C7HCl5O2.Zn/c8-2-1(7(13)14)3(9)5(11)6(12)4(2)10;/h(H,13,14);. The van der Waals surface area contributed by atoms with Crippen molar-refractivity contribution in [3.05, 3.63) is 30.7 Å². The van der Waals surface area contributed by atoms with Crippen molar-refractivity contribution >= 4 is 64.0 Å². The molecular formula is C7HCl5O2Zn. The van der Waals surface area contributed by atoms with Crippen LogP contribution < -0.4 is 0 Å².